The van der Waals surface area contributed by atoms with Gasteiger partial charge in [0.25, 0.3) is 0 Å². The second-order valence-corrected chi connectivity index (χ2v) is 21.6. The van der Waals surface area contributed by atoms with Gasteiger partial charge in [-0.05, 0) is 225 Å². The van der Waals surface area contributed by atoms with E-state index in [0.717, 1.165) is 131 Å². The normalized spacial score (nSPS) is 17.5. The van der Waals surface area contributed by atoms with Crippen molar-refractivity contribution in [2.45, 2.75) is 142 Å². The number of fused-ring (bicyclic) bond motifs is 3. The SMILES string of the molecule is C=C1CCCCC/C=C2/CCCCC2=C1c1cc(C)cc(-c2ccccc2O[C@@H](CC(Oc2ccccc2-c2cc(C)cc(-c3c4c(cc5c3CCCC5)CCCC4)c2O)c2ccccc2)c2ccccc2)c1O. The third kappa shape index (κ3) is 10.3. The number of benzene rings is 7. The number of aromatic hydroxyl groups is 2. The van der Waals surface area contributed by atoms with E-state index in [4.69, 9.17) is 16.1 Å². The molecule has 376 valence electrons. The number of hydrogen-bond donors (Lipinski definition) is 2. The van der Waals surface area contributed by atoms with Gasteiger partial charge in [0.05, 0.1) is 0 Å². The second-order valence-electron chi connectivity index (χ2n) is 21.6. The van der Waals surface area contributed by atoms with Crippen molar-refractivity contribution in [1.82, 2.24) is 0 Å². The molecule has 74 heavy (non-hydrogen) atoms. The maximum absolute atomic E-state index is 12.7. The summed E-state index contributed by atoms with van der Waals surface area (Å²) in [5, 5.41) is 25.4. The van der Waals surface area contributed by atoms with E-state index < -0.39 is 12.2 Å². The Balaban J connectivity index is 0.977. The summed E-state index contributed by atoms with van der Waals surface area (Å²) in [6.07, 6.45) is 21.1. The first kappa shape index (κ1) is 49.2. The molecule has 0 saturated heterocycles. The Labute approximate surface area is 440 Å². The number of allylic oxidation sites excluding steroid dienone is 5. The van der Waals surface area contributed by atoms with Gasteiger partial charge in [-0.2, -0.15) is 0 Å². The molecule has 4 nitrogen and oxygen atoms in total. The fourth-order valence-corrected chi connectivity index (χ4v) is 12.8. The Morgan fingerprint density at radius 1 is 0.459 bits per heavy atom. The largest absolute Gasteiger partial charge is 0.507 e. The molecule has 0 radical (unpaired) electrons. The number of para-hydroxylation sites is 2. The maximum atomic E-state index is 12.7. The van der Waals surface area contributed by atoms with Crippen LogP contribution in [-0.2, 0) is 25.7 Å². The van der Waals surface area contributed by atoms with Crippen molar-refractivity contribution < 1.29 is 19.7 Å². The summed E-state index contributed by atoms with van der Waals surface area (Å²) in [5.41, 5.74) is 21.4. The van der Waals surface area contributed by atoms with Crippen LogP contribution in [0, 0.1) is 13.8 Å². The van der Waals surface area contributed by atoms with Crippen molar-refractivity contribution in [3.63, 3.8) is 0 Å². The Bertz CT molecular complexity index is 3210. The molecule has 11 rings (SSSR count). The van der Waals surface area contributed by atoms with Gasteiger partial charge in [0.15, 0.2) is 0 Å². The van der Waals surface area contributed by atoms with E-state index in [1.165, 1.54) is 83.9 Å². The number of rotatable bonds is 12. The van der Waals surface area contributed by atoms with Crippen molar-refractivity contribution in [1.29, 1.82) is 0 Å². The van der Waals surface area contributed by atoms with Gasteiger partial charge in [0, 0.05) is 39.8 Å². The Kier molecular flexibility index (Phi) is 14.8. The van der Waals surface area contributed by atoms with Gasteiger partial charge in [0.2, 0.25) is 0 Å². The van der Waals surface area contributed by atoms with E-state index in [1.807, 2.05) is 48.5 Å². The zero-order chi connectivity index (χ0) is 50.5. The fraction of sp³-hybridized carbons (Fsp3) is 0.314. The minimum atomic E-state index is -0.450. The van der Waals surface area contributed by atoms with Gasteiger partial charge in [-0.25, -0.2) is 0 Å². The summed E-state index contributed by atoms with van der Waals surface area (Å²) in [4.78, 5) is 0. The molecule has 0 heterocycles. The molecule has 4 heteroatoms. The highest BCUT2D eigenvalue weighted by Gasteiger charge is 2.30. The van der Waals surface area contributed by atoms with Crippen molar-refractivity contribution >= 4 is 5.57 Å². The number of phenols is 2. The van der Waals surface area contributed by atoms with Crippen LogP contribution < -0.4 is 9.47 Å². The van der Waals surface area contributed by atoms with Crippen LogP contribution in [0.25, 0.3) is 39.0 Å². The molecule has 1 saturated carbocycles. The number of phenolic OH excluding ortho intramolecular Hbond substituents is 2. The quantitative estimate of drug-likeness (QED) is 0.128. The third-order valence-electron chi connectivity index (χ3n) is 16.4. The van der Waals surface area contributed by atoms with Crippen LogP contribution in [0.4, 0.5) is 0 Å². The molecule has 7 aromatic carbocycles. The molecule has 1 fully saturated rings. The van der Waals surface area contributed by atoms with Crippen LogP contribution in [0.2, 0.25) is 0 Å². The van der Waals surface area contributed by atoms with Crippen LogP contribution in [0.3, 0.4) is 0 Å². The third-order valence-corrected chi connectivity index (χ3v) is 16.4. The minimum absolute atomic E-state index is 0.269. The molecular formula is C70H72O4. The Morgan fingerprint density at radius 3 is 1.53 bits per heavy atom. The summed E-state index contributed by atoms with van der Waals surface area (Å²) < 4.78 is 14.7. The summed E-state index contributed by atoms with van der Waals surface area (Å²) in [6, 6.07) is 48.4. The van der Waals surface area contributed by atoms with Crippen molar-refractivity contribution in [3.8, 4) is 56.4 Å². The first-order valence-electron chi connectivity index (χ1n) is 27.9. The lowest BCUT2D eigenvalue weighted by molar-refractivity contribution is 0.111. The van der Waals surface area contributed by atoms with Crippen LogP contribution in [-0.4, -0.2) is 10.2 Å². The van der Waals surface area contributed by atoms with E-state index >= 15 is 0 Å². The molecule has 0 amide bonds. The average Bonchev–Trinajstić information content (AvgIpc) is 3.43. The highest BCUT2D eigenvalue weighted by atomic mass is 16.5. The highest BCUT2D eigenvalue weighted by Crippen LogP contribution is 2.51. The lowest BCUT2D eigenvalue weighted by Crippen LogP contribution is -2.17. The predicted octanol–water partition coefficient (Wildman–Crippen LogP) is 18.6. The number of hydrogen-bond acceptors (Lipinski definition) is 4. The second kappa shape index (κ2) is 22.2. The molecule has 0 bridgehead atoms. The van der Waals surface area contributed by atoms with Gasteiger partial charge in [-0.1, -0.05) is 122 Å². The van der Waals surface area contributed by atoms with Gasteiger partial charge in [0.1, 0.15) is 35.2 Å². The molecular weight excluding hydrogens is 905 g/mol. The topological polar surface area (TPSA) is 58.9 Å². The Hall–Kier alpha value is -7.04. The minimum Gasteiger partial charge on any atom is -0.507 e. The molecule has 0 aliphatic heterocycles. The zero-order valence-electron chi connectivity index (χ0n) is 43.7. The first-order chi connectivity index (χ1) is 36.3. The smallest absolute Gasteiger partial charge is 0.131 e. The first-order valence-corrected chi connectivity index (χ1v) is 27.9. The van der Waals surface area contributed by atoms with Gasteiger partial charge in [-0.15, -0.1) is 0 Å². The summed E-state index contributed by atoms with van der Waals surface area (Å²) in [5.74, 6) is 1.97. The van der Waals surface area contributed by atoms with Crippen molar-refractivity contribution in [2.24, 2.45) is 0 Å². The van der Waals surface area contributed by atoms with E-state index in [1.54, 1.807) is 0 Å². The van der Waals surface area contributed by atoms with E-state index in [-0.39, 0.29) is 5.75 Å². The van der Waals surface area contributed by atoms with Crippen LogP contribution in [0.15, 0.2) is 169 Å². The molecule has 7 aromatic rings. The van der Waals surface area contributed by atoms with Crippen molar-refractivity contribution in [2.75, 3.05) is 0 Å². The van der Waals surface area contributed by atoms with Crippen LogP contribution >= 0.6 is 0 Å². The highest BCUT2D eigenvalue weighted by molar-refractivity contribution is 5.92. The predicted molar refractivity (Wildman–Crippen MR) is 305 cm³/mol. The molecule has 0 aromatic heterocycles. The average molecular weight is 977 g/mol. The lowest BCUT2D eigenvalue weighted by atomic mass is 9.76. The van der Waals surface area contributed by atoms with Crippen molar-refractivity contribution in [3.05, 3.63) is 219 Å². The zero-order valence-corrected chi connectivity index (χ0v) is 43.7. The van der Waals surface area contributed by atoms with E-state index in [2.05, 4.69) is 111 Å². The van der Waals surface area contributed by atoms with Gasteiger partial charge < -0.3 is 19.7 Å². The summed E-state index contributed by atoms with van der Waals surface area (Å²) in [6.45, 7) is 9.00. The van der Waals surface area contributed by atoms with E-state index in [0.29, 0.717) is 23.7 Å². The number of ether oxygens (including phenoxy) is 2. The molecule has 4 aliphatic carbocycles. The Morgan fingerprint density at radius 2 is 0.932 bits per heavy atom. The summed E-state index contributed by atoms with van der Waals surface area (Å²) >= 11 is 0. The molecule has 2 N–H and O–H groups in total. The fourth-order valence-electron chi connectivity index (χ4n) is 12.8. The molecule has 4 aliphatic rings. The number of aryl methyl sites for hydroxylation is 4. The molecule has 2 atom stereocenters. The lowest BCUT2D eigenvalue weighted by Gasteiger charge is -2.29. The van der Waals surface area contributed by atoms with E-state index in [9.17, 15) is 10.2 Å². The summed E-state index contributed by atoms with van der Waals surface area (Å²) in [7, 11) is 0. The molecule has 1 unspecified atom stereocenters. The van der Waals surface area contributed by atoms with Crippen LogP contribution in [0.5, 0.6) is 23.0 Å². The standard InChI is InChI=1S/C70H72O4/c1-46-40-59(69(71)61(42-46)67-48(3)24-8-4-5-9-25-49-26-14-17-33-54(49)67)57-36-20-22-38-63(57)73-65(50-27-10-6-11-28-50)45-66(51-29-12-7-13-30-51)74-64-39-23-21-37-58(64)60-41-47(2)43-62(70(60)72)68-55-34-18-15-31-52(55)44-53-32-16-19-35-56(53)68/h6-7,10-13,20-23,25,27-30,36-44,65-66,71-72H,3-5,8-9,14-19,24,26,31-35,45H2,1-2H3/b49-25-,67-54?/t65-,66?/m0/s1. The molecule has 0 spiro atoms. The van der Waals surface area contributed by atoms with Gasteiger partial charge >= 0.3 is 0 Å². The van der Waals surface area contributed by atoms with Crippen LogP contribution in [0.1, 0.15) is 152 Å². The maximum Gasteiger partial charge on any atom is 0.131 e. The van der Waals surface area contributed by atoms with Gasteiger partial charge in [-0.3, -0.25) is 0 Å². The monoisotopic (exact) mass is 977 g/mol.